The van der Waals surface area contributed by atoms with Gasteiger partial charge in [0, 0.05) is 24.9 Å². The van der Waals surface area contributed by atoms with Gasteiger partial charge in [-0.3, -0.25) is 0 Å². The second-order valence-corrected chi connectivity index (χ2v) is 7.46. The molecule has 3 aromatic rings. The lowest BCUT2D eigenvalue weighted by atomic mass is 10.1. The van der Waals surface area contributed by atoms with Crippen LogP contribution >= 0.6 is 0 Å². The molecule has 0 aliphatic carbocycles. The third kappa shape index (κ3) is 2.47. The largest absolute Gasteiger partial charge is 0.346 e. The summed E-state index contributed by atoms with van der Waals surface area (Å²) >= 11 is 0. The second kappa shape index (κ2) is 6.34. The fourth-order valence-electron chi connectivity index (χ4n) is 4.49. The van der Waals surface area contributed by atoms with E-state index in [9.17, 15) is 0 Å². The molecular weight excluding hydrogens is 324 g/mol. The quantitative estimate of drug-likeness (QED) is 0.708. The van der Waals surface area contributed by atoms with Crippen molar-refractivity contribution < 1.29 is 0 Å². The highest BCUT2D eigenvalue weighted by Crippen LogP contribution is 2.38. The van der Waals surface area contributed by atoms with Crippen molar-refractivity contribution in [2.24, 2.45) is 0 Å². The highest BCUT2D eigenvalue weighted by molar-refractivity contribution is 5.91. The molecule has 0 N–H and O–H groups in total. The van der Waals surface area contributed by atoms with Crippen molar-refractivity contribution in [2.75, 3.05) is 11.4 Å². The van der Waals surface area contributed by atoms with E-state index in [2.05, 4.69) is 54.8 Å². The van der Waals surface area contributed by atoms with E-state index in [-0.39, 0.29) is 6.04 Å². The standard InChI is InChI=1S/C20H24N6/c1-14-7-5-8-15-18(14)21-13-22-19(15)25-12-6-9-16(25)20-24-23-17-10-3-2-4-11-26(17)20/h5,7-8,13,16H,2-4,6,9-12H2,1H3. The predicted octanol–water partition coefficient (Wildman–Crippen LogP) is 3.60. The molecule has 26 heavy (non-hydrogen) atoms. The molecule has 4 heterocycles. The maximum atomic E-state index is 4.68. The Kier molecular flexibility index (Phi) is 3.84. The number of para-hydroxylation sites is 1. The van der Waals surface area contributed by atoms with Crippen LogP contribution in [0.5, 0.6) is 0 Å². The maximum absolute atomic E-state index is 4.68. The Balaban J connectivity index is 1.59. The summed E-state index contributed by atoms with van der Waals surface area (Å²) in [6.07, 6.45) is 8.75. The number of rotatable bonds is 2. The number of hydrogen-bond acceptors (Lipinski definition) is 5. The first-order chi connectivity index (χ1) is 12.8. The second-order valence-electron chi connectivity index (χ2n) is 7.46. The van der Waals surface area contributed by atoms with E-state index in [1.165, 1.54) is 24.8 Å². The first kappa shape index (κ1) is 15.7. The molecule has 0 saturated carbocycles. The molecular formula is C20H24N6. The molecule has 1 unspecified atom stereocenters. The fraction of sp³-hybridized carbons (Fsp3) is 0.500. The minimum Gasteiger partial charge on any atom is -0.346 e. The van der Waals surface area contributed by atoms with Crippen molar-refractivity contribution in [3.8, 4) is 0 Å². The Morgan fingerprint density at radius 3 is 2.92 bits per heavy atom. The van der Waals surface area contributed by atoms with Crippen LogP contribution in [0.3, 0.4) is 0 Å². The van der Waals surface area contributed by atoms with Gasteiger partial charge in [-0.1, -0.05) is 18.6 Å². The SMILES string of the molecule is Cc1cccc2c(N3CCCC3c3nnc4n3CCCCC4)ncnc12. The van der Waals surface area contributed by atoms with Crippen LogP contribution in [0, 0.1) is 6.92 Å². The van der Waals surface area contributed by atoms with Crippen LogP contribution in [0.1, 0.15) is 55.4 Å². The molecule has 0 bridgehead atoms. The van der Waals surface area contributed by atoms with Gasteiger partial charge in [0.15, 0.2) is 5.82 Å². The summed E-state index contributed by atoms with van der Waals surface area (Å²) in [5.41, 5.74) is 2.24. The van der Waals surface area contributed by atoms with Crippen LogP contribution in [-0.2, 0) is 13.0 Å². The van der Waals surface area contributed by atoms with Gasteiger partial charge in [0.25, 0.3) is 0 Å². The summed E-state index contributed by atoms with van der Waals surface area (Å²) in [7, 11) is 0. The minimum atomic E-state index is 0.257. The molecule has 134 valence electrons. The van der Waals surface area contributed by atoms with Crippen LogP contribution in [0.2, 0.25) is 0 Å². The third-order valence-corrected chi connectivity index (χ3v) is 5.81. The van der Waals surface area contributed by atoms with Gasteiger partial charge in [0.05, 0.1) is 11.6 Å². The number of benzene rings is 1. The molecule has 0 spiro atoms. The van der Waals surface area contributed by atoms with Gasteiger partial charge in [0.1, 0.15) is 18.0 Å². The molecule has 6 heteroatoms. The van der Waals surface area contributed by atoms with E-state index >= 15 is 0 Å². The number of fused-ring (bicyclic) bond motifs is 2. The molecule has 1 aromatic carbocycles. The summed E-state index contributed by atoms with van der Waals surface area (Å²) in [6, 6.07) is 6.60. The zero-order valence-corrected chi connectivity index (χ0v) is 15.2. The summed E-state index contributed by atoms with van der Waals surface area (Å²) in [4.78, 5) is 11.6. The van der Waals surface area contributed by atoms with Crippen LogP contribution in [0.4, 0.5) is 5.82 Å². The molecule has 5 rings (SSSR count). The monoisotopic (exact) mass is 348 g/mol. The Morgan fingerprint density at radius 2 is 1.96 bits per heavy atom. The van der Waals surface area contributed by atoms with E-state index in [0.717, 1.165) is 60.7 Å². The van der Waals surface area contributed by atoms with Gasteiger partial charge in [-0.15, -0.1) is 10.2 Å². The van der Waals surface area contributed by atoms with Crippen molar-refractivity contribution in [3.63, 3.8) is 0 Å². The number of hydrogen-bond donors (Lipinski definition) is 0. The third-order valence-electron chi connectivity index (χ3n) is 5.81. The number of nitrogens with zero attached hydrogens (tertiary/aromatic N) is 6. The molecule has 0 amide bonds. The van der Waals surface area contributed by atoms with Gasteiger partial charge in [-0.05, 0) is 44.2 Å². The Labute approximate surface area is 153 Å². The topological polar surface area (TPSA) is 59.7 Å². The molecule has 1 atom stereocenters. The van der Waals surface area contributed by atoms with Gasteiger partial charge in [-0.2, -0.15) is 0 Å². The van der Waals surface area contributed by atoms with E-state index in [4.69, 9.17) is 0 Å². The number of aromatic nitrogens is 5. The van der Waals surface area contributed by atoms with Crippen molar-refractivity contribution >= 4 is 16.7 Å². The normalized spacial score (nSPS) is 20.3. The van der Waals surface area contributed by atoms with Crippen molar-refractivity contribution in [2.45, 2.75) is 58.0 Å². The zero-order valence-electron chi connectivity index (χ0n) is 15.2. The van der Waals surface area contributed by atoms with Crippen LogP contribution < -0.4 is 4.90 Å². The van der Waals surface area contributed by atoms with Gasteiger partial charge in [0.2, 0.25) is 0 Å². The Hall–Kier alpha value is -2.50. The summed E-state index contributed by atoms with van der Waals surface area (Å²) in [5, 5.41) is 10.3. The maximum Gasteiger partial charge on any atom is 0.155 e. The van der Waals surface area contributed by atoms with E-state index in [0.29, 0.717) is 0 Å². The zero-order chi connectivity index (χ0) is 17.5. The van der Waals surface area contributed by atoms with Crippen LogP contribution in [0.25, 0.3) is 10.9 Å². The lowest BCUT2D eigenvalue weighted by molar-refractivity contribution is 0.558. The van der Waals surface area contributed by atoms with Gasteiger partial charge in [-0.25, -0.2) is 9.97 Å². The Bertz CT molecular complexity index is 947. The van der Waals surface area contributed by atoms with E-state index in [1.54, 1.807) is 6.33 Å². The molecule has 0 radical (unpaired) electrons. The first-order valence-electron chi connectivity index (χ1n) is 9.72. The molecule has 1 saturated heterocycles. The smallest absolute Gasteiger partial charge is 0.155 e. The number of anilines is 1. The van der Waals surface area contributed by atoms with E-state index in [1.807, 2.05) is 0 Å². The highest BCUT2D eigenvalue weighted by Gasteiger charge is 2.33. The van der Waals surface area contributed by atoms with Crippen LogP contribution in [0.15, 0.2) is 24.5 Å². The molecule has 2 aliphatic rings. The average molecular weight is 348 g/mol. The fourth-order valence-corrected chi connectivity index (χ4v) is 4.49. The minimum absolute atomic E-state index is 0.257. The highest BCUT2D eigenvalue weighted by atomic mass is 15.3. The van der Waals surface area contributed by atoms with Crippen molar-refractivity contribution in [3.05, 3.63) is 41.7 Å². The first-order valence-corrected chi connectivity index (χ1v) is 9.72. The van der Waals surface area contributed by atoms with Gasteiger partial charge < -0.3 is 9.47 Å². The number of aryl methyl sites for hydroxylation is 2. The molecule has 2 aliphatic heterocycles. The van der Waals surface area contributed by atoms with Gasteiger partial charge >= 0.3 is 0 Å². The summed E-state index contributed by atoms with van der Waals surface area (Å²) in [6.45, 7) is 4.16. The van der Waals surface area contributed by atoms with Crippen LogP contribution in [-0.4, -0.2) is 31.3 Å². The summed E-state index contributed by atoms with van der Waals surface area (Å²) < 4.78 is 2.38. The average Bonchev–Trinajstić information content (AvgIpc) is 3.22. The summed E-state index contributed by atoms with van der Waals surface area (Å²) in [5.74, 6) is 3.32. The van der Waals surface area contributed by atoms with E-state index < -0.39 is 0 Å². The lowest BCUT2D eigenvalue weighted by Gasteiger charge is -2.26. The molecule has 1 fully saturated rings. The Morgan fingerprint density at radius 1 is 1.00 bits per heavy atom. The lowest BCUT2D eigenvalue weighted by Crippen LogP contribution is -2.26. The molecule has 6 nitrogen and oxygen atoms in total. The predicted molar refractivity (Wildman–Crippen MR) is 101 cm³/mol. The molecule has 2 aromatic heterocycles. The van der Waals surface area contributed by atoms with Crippen molar-refractivity contribution in [1.29, 1.82) is 0 Å². The van der Waals surface area contributed by atoms with Crippen molar-refractivity contribution in [1.82, 2.24) is 24.7 Å².